The number of para-hydroxylation sites is 4. The topological polar surface area (TPSA) is 32.3 Å². The van der Waals surface area contributed by atoms with Crippen molar-refractivity contribution in [1.82, 2.24) is 9.97 Å². The molecule has 5 heteroatoms. The Labute approximate surface area is 265 Å². The molecule has 3 heterocycles. The first kappa shape index (κ1) is 26.1. The van der Waals surface area contributed by atoms with E-state index < -0.39 is 0 Å². The molecule has 0 N–H and O–H groups in total. The van der Waals surface area contributed by atoms with Crippen LogP contribution in [0.4, 0.5) is 34.1 Å². The van der Waals surface area contributed by atoms with E-state index in [-0.39, 0.29) is 0 Å². The maximum Gasteiger partial charge on any atom is 0.0736 e. The molecular formula is C40H28N4S. The quantitative estimate of drug-likeness (QED) is 0.189. The van der Waals surface area contributed by atoms with Gasteiger partial charge in [0.15, 0.2) is 0 Å². The number of rotatable bonds is 4. The maximum absolute atomic E-state index is 5.08. The molecule has 8 aromatic rings. The van der Waals surface area contributed by atoms with Crippen molar-refractivity contribution in [3.05, 3.63) is 145 Å². The molecule has 0 amide bonds. The average molecular weight is 597 g/mol. The predicted octanol–water partition coefficient (Wildman–Crippen LogP) is 11.4. The van der Waals surface area contributed by atoms with Gasteiger partial charge in [0.25, 0.3) is 0 Å². The number of nitrogens with zero attached hydrogens (tertiary/aromatic N) is 4. The van der Waals surface area contributed by atoms with Crippen molar-refractivity contribution >= 4 is 78.5 Å². The summed E-state index contributed by atoms with van der Waals surface area (Å²) < 4.78 is 0. The predicted molar refractivity (Wildman–Crippen MR) is 189 cm³/mol. The van der Waals surface area contributed by atoms with Gasteiger partial charge in [-0.3, -0.25) is 9.97 Å². The van der Waals surface area contributed by atoms with E-state index in [0.717, 1.165) is 55.3 Å². The van der Waals surface area contributed by atoms with Crippen molar-refractivity contribution < 1.29 is 0 Å². The van der Waals surface area contributed by atoms with Crippen molar-refractivity contribution in [2.24, 2.45) is 0 Å². The van der Waals surface area contributed by atoms with E-state index in [1.54, 1.807) is 0 Å². The molecule has 2 aromatic heterocycles. The fraction of sp³-hybridized carbons (Fsp3) is 0.0500. The summed E-state index contributed by atoms with van der Waals surface area (Å²) in [6.07, 6.45) is 4.03. The molecule has 4 nitrogen and oxygen atoms in total. The van der Waals surface area contributed by atoms with Crippen molar-refractivity contribution in [1.29, 1.82) is 0 Å². The lowest BCUT2D eigenvalue weighted by atomic mass is 9.99. The van der Waals surface area contributed by atoms with E-state index in [1.807, 2.05) is 24.2 Å². The Bertz CT molecular complexity index is 2260. The zero-order valence-electron chi connectivity index (χ0n) is 24.9. The summed E-state index contributed by atoms with van der Waals surface area (Å²) in [4.78, 5) is 17.4. The molecule has 0 bridgehead atoms. The first-order valence-electron chi connectivity index (χ1n) is 15.2. The van der Waals surface area contributed by atoms with E-state index in [2.05, 4.69) is 145 Å². The molecule has 0 fully saturated rings. The molecular weight excluding hydrogens is 569 g/mol. The minimum Gasteiger partial charge on any atom is -0.310 e. The molecule has 6 aromatic carbocycles. The van der Waals surface area contributed by atoms with Crippen LogP contribution in [0, 0.1) is 13.8 Å². The molecule has 0 saturated heterocycles. The Morgan fingerprint density at radius 1 is 0.556 bits per heavy atom. The molecule has 1 aliphatic rings. The monoisotopic (exact) mass is 596 g/mol. The van der Waals surface area contributed by atoms with Crippen LogP contribution in [0.5, 0.6) is 0 Å². The third-order valence-corrected chi connectivity index (χ3v) is 9.99. The van der Waals surface area contributed by atoms with Crippen LogP contribution in [0.1, 0.15) is 11.1 Å². The van der Waals surface area contributed by atoms with Gasteiger partial charge in [0, 0.05) is 66.5 Å². The third kappa shape index (κ3) is 4.08. The fourth-order valence-corrected chi connectivity index (χ4v) is 7.83. The van der Waals surface area contributed by atoms with Crippen molar-refractivity contribution in [3.8, 4) is 0 Å². The van der Waals surface area contributed by atoms with E-state index >= 15 is 0 Å². The first-order chi connectivity index (χ1) is 22.1. The van der Waals surface area contributed by atoms with Crippen LogP contribution in [0.25, 0.3) is 32.6 Å². The summed E-state index contributed by atoms with van der Waals surface area (Å²) in [7, 11) is 0. The second-order valence-corrected chi connectivity index (χ2v) is 12.7. The fourth-order valence-electron chi connectivity index (χ4n) is 6.77. The van der Waals surface area contributed by atoms with Crippen LogP contribution in [-0.2, 0) is 0 Å². The molecule has 0 radical (unpaired) electrons. The van der Waals surface area contributed by atoms with Crippen LogP contribution in [-0.4, -0.2) is 9.97 Å². The van der Waals surface area contributed by atoms with Crippen LogP contribution >= 0.6 is 11.8 Å². The lowest BCUT2D eigenvalue weighted by molar-refractivity contribution is 1.17. The number of fused-ring (bicyclic) bond motifs is 2. The average Bonchev–Trinajstić information content (AvgIpc) is 3.07. The highest BCUT2D eigenvalue weighted by Crippen LogP contribution is 2.52. The SMILES string of the molecule is Cc1ccccc1N(c1cc2cnc3cc(N4c5ccccc5Sc5ccccc54)cc4cnc(c1)c2c43)c1ccccc1C. The van der Waals surface area contributed by atoms with Crippen LogP contribution in [0.3, 0.4) is 0 Å². The van der Waals surface area contributed by atoms with Crippen LogP contribution in [0.15, 0.2) is 144 Å². The summed E-state index contributed by atoms with van der Waals surface area (Å²) in [6, 6.07) is 43.3. The minimum absolute atomic E-state index is 0.965. The van der Waals surface area contributed by atoms with Gasteiger partial charge in [0.05, 0.1) is 22.4 Å². The van der Waals surface area contributed by atoms with E-state index in [4.69, 9.17) is 9.97 Å². The van der Waals surface area contributed by atoms with Gasteiger partial charge in [-0.2, -0.15) is 0 Å². The number of pyridine rings is 2. The van der Waals surface area contributed by atoms with Crippen LogP contribution in [0.2, 0.25) is 0 Å². The molecule has 0 unspecified atom stereocenters. The number of benzene rings is 6. The largest absolute Gasteiger partial charge is 0.310 e. The highest BCUT2D eigenvalue weighted by atomic mass is 32.2. The molecule has 0 atom stereocenters. The standard InChI is InChI=1S/C40H28N4S/c1-25-11-3-5-13-33(25)43(34-14-6-4-12-26(34)2)29-19-27-23-42-32-22-30(20-28-24-41-31(21-29)39(27)40(28)32)44-35-15-7-9-17-37(35)45-38-18-10-8-16-36(38)44/h3-24H,1-2H3. The number of anilines is 6. The first-order valence-corrected chi connectivity index (χ1v) is 16.0. The summed E-state index contributed by atoms with van der Waals surface area (Å²) in [5.41, 5.74) is 11.2. The Morgan fingerprint density at radius 3 is 1.67 bits per heavy atom. The molecule has 0 aliphatic carbocycles. The number of aromatic nitrogens is 2. The zero-order valence-corrected chi connectivity index (χ0v) is 25.7. The highest BCUT2D eigenvalue weighted by molar-refractivity contribution is 7.99. The lowest BCUT2D eigenvalue weighted by Gasteiger charge is -2.33. The Hall–Kier alpha value is -5.39. The number of hydrogen-bond donors (Lipinski definition) is 0. The van der Waals surface area contributed by atoms with E-state index in [1.165, 1.54) is 32.3 Å². The third-order valence-electron chi connectivity index (χ3n) is 8.86. The van der Waals surface area contributed by atoms with Gasteiger partial charge in [-0.1, -0.05) is 72.4 Å². The van der Waals surface area contributed by atoms with Crippen molar-refractivity contribution in [3.63, 3.8) is 0 Å². The lowest BCUT2D eigenvalue weighted by Crippen LogP contribution is -2.14. The van der Waals surface area contributed by atoms with Gasteiger partial charge >= 0.3 is 0 Å². The van der Waals surface area contributed by atoms with Crippen molar-refractivity contribution in [2.75, 3.05) is 9.80 Å². The zero-order chi connectivity index (χ0) is 30.1. The second-order valence-electron chi connectivity index (χ2n) is 11.7. The molecule has 9 rings (SSSR count). The Balaban J connectivity index is 1.25. The normalized spacial score (nSPS) is 12.5. The Kier molecular flexibility index (Phi) is 5.83. The summed E-state index contributed by atoms with van der Waals surface area (Å²) in [5.74, 6) is 0. The van der Waals surface area contributed by atoms with Gasteiger partial charge in [-0.15, -0.1) is 0 Å². The van der Waals surface area contributed by atoms with Crippen molar-refractivity contribution in [2.45, 2.75) is 23.6 Å². The molecule has 0 spiro atoms. The number of hydrogen-bond acceptors (Lipinski definition) is 5. The van der Waals surface area contributed by atoms with Gasteiger partial charge < -0.3 is 9.80 Å². The molecule has 45 heavy (non-hydrogen) atoms. The summed E-state index contributed by atoms with van der Waals surface area (Å²) in [6.45, 7) is 4.33. The maximum atomic E-state index is 5.08. The summed E-state index contributed by atoms with van der Waals surface area (Å²) >= 11 is 1.82. The second kappa shape index (κ2) is 10.1. The smallest absolute Gasteiger partial charge is 0.0736 e. The van der Waals surface area contributed by atoms with Gasteiger partial charge in [-0.25, -0.2) is 0 Å². The van der Waals surface area contributed by atoms with Gasteiger partial charge in [-0.05, 0) is 85.6 Å². The van der Waals surface area contributed by atoms with Gasteiger partial charge in [0.2, 0.25) is 0 Å². The van der Waals surface area contributed by atoms with Crippen LogP contribution < -0.4 is 9.80 Å². The molecule has 214 valence electrons. The Morgan fingerprint density at radius 2 is 1.07 bits per heavy atom. The van der Waals surface area contributed by atoms with Gasteiger partial charge in [0.1, 0.15) is 0 Å². The molecule has 1 aliphatic heterocycles. The highest BCUT2D eigenvalue weighted by Gasteiger charge is 2.26. The van der Waals surface area contributed by atoms with E-state index in [9.17, 15) is 0 Å². The minimum atomic E-state index is 0.965. The number of aryl methyl sites for hydroxylation is 2. The molecule has 0 saturated carbocycles. The summed E-state index contributed by atoms with van der Waals surface area (Å²) in [5, 5.41) is 4.47. The van der Waals surface area contributed by atoms with E-state index in [0.29, 0.717) is 0 Å².